The van der Waals surface area contributed by atoms with Crippen LogP contribution >= 0.6 is 0 Å². The molecule has 4 heterocycles. The summed E-state index contributed by atoms with van der Waals surface area (Å²) in [7, 11) is 0. The summed E-state index contributed by atoms with van der Waals surface area (Å²) in [5.41, 5.74) is -0.762. The number of pyridine rings is 3. The van der Waals surface area contributed by atoms with E-state index in [0.29, 0.717) is 5.56 Å². The minimum Gasteiger partial charge on any atom is -0.466 e. The molecular weight excluding hydrogens is 505 g/mol. The summed E-state index contributed by atoms with van der Waals surface area (Å²) in [6, 6.07) is 9.26. The molecule has 4 aromatic heterocycles. The van der Waals surface area contributed by atoms with Crippen molar-refractivity contribution >= 4 is 17.7 Å². The van der Waals surface area contributed by atoms with E-state index in [1.165, 1.54) is 47.4 Å². The Labute approximate surface area is 213 Å². The molecule has 0 atom stereocenters. The highest BCUT2D eigenvalue weighted by atomic mass is 19.4. The highest BCUT2D eigenvalue weighted by molar-refractivity contribution is 6.03. The van der Waals surface area contributed by atoms with Crippen molar-refractivity contribution in [1.29, 1.82) is 0 Å². The molecule has 0 spiro atoms. The van der Waals surface area contributed by atoms with Gasteiger partial charge in [0.1, 0.15) is 11.5 Å². The number of halogens is 3. The van der Waals surface area contributed by atoms with E-state index >= 15 is 0 Å². The Hall–Kier alpha value is -4.81. The maximum Gasteiger partial charge on any atom is 0.433 e. The van der Waals surface area contributed by atoms with E-state index in [9.17, 15) is 27.6 Å². The molecule has 0 fully saturated rings. The SMILES string of the molecule is CCOC(=O)CCn1cc(C(=O)Nc2ccc(-n3nc(-c4cccnc4)cc3C(F)(F)F)cn2)ccc1=O. The van der Waals surface area contributed by atoms with Crippen LogP contribution in [0.5, 0.6) is 0 Å². The van der Waals surface area contributed by atoms with E-state index in [0.717, 1.165) is 16.9 Å². The Morgan fingerprint density at radius 3 is 2.58 bits per heavy atom. The second-order valence-electron chi connectivity index (χ2n) is 7.93. The van der Waals surface area contributed by atoms with E-state index in [4.69, 9.17) is 4.74 Å². The fourth-order valence-electron chi connectivity index (χ4n) is 3.49. The van der Waals surface area contributed by atoms with E-state index in [-0.39, 0.29) is 42.3 Å². The Morgan fingerprint density at radius 1 is 1.11 bits per heavy atom. The number of alkyl halides is 3. The summed E-state index contributed by atoms with van der Waals surface area (Å²) >= 11 is 0. The van der Waals surface area contributed by atoms with E-state index < -0.39 is 29.3 Å². The number of rotatable bonds is 8. The second-order valence-corrected chi connectivity index (χ2v) is 7.93. The number of esters is 1. The Balaban J connectivity index is 1.52. The molecular formula is C25H21F3N6O4. The van der Waals surface area contributed by atoms with Crippen LogP contribution in [-0.2, 0) is 22.3 Å². The number of anilines is 1. The van der Waals surface area contributed by atoms with Crippen molar-refractivity contribution < 1.29 is 27.5 Å². The zero-order chi connectivity index (χ0) is 27.3. The Kier molecular flexibility index (Phi) is 7.65. The molecule has 0 bridgehead atoms. The van der Waals surface area contributed by atoms with Crippen LogP contribution in [0.25, 0.3) is 16.9 Å². The summed E-state index contributed by atoms with van der Waals surface area (Å²) in [4.78, 5) is 44.3. The lowest BCUT2D eigenvalue weighted by molar-refractivity contribution is -0.144. The van der Waals surface area contributed by atoms with Crippen LogP contribution in [0, 0.1) is 0 Å². The van der Waals surface area contributed by atoms with Gasteiger partial charge in [-0.3, -0.25) is 19.4 Å². The normalized spacial score (nSPS) is 11.3. The third-order valence-corrected chi connectivity index (χ3v) is 5.30. The van der Waals surface area contributed by atoms with Crippen molar-refractivity contribution in [2.45, 2.75) is 26.1 Å². The quantitative estimate of drug-likeness (QED) is 0.348. The first-order valence-corrected chi connectivity index (χ1v) is 11.4. The smallest absolute Gasteiger partial charge is 0.433 e. The van der Waals surface area contributed by atoms with Gasteiger partial charge in [-0.15, -0.1) is 0 Å². The van der Waals surface area contributed by atoms with Crippen molar-refractivity contribution in [3.63, 3.8) is 0 Å². The minimum atomic E-state index is -4.68. The van der Waals surface area contributed by atoms with Gasteiger partial charge in [0, 0.05) is 36.8 Å². The number of aryl methyl sites for hydroxylation is 1. The molecule has 0 radical (unpaired) electrons. The Bertz CT molecular complexity index is 1500. The summed E-state index contributed by atoms with van der Waals surface area (Å²) in [5.74, 6) is -1.02. The number of hydrogen-bond acceptors (Lipinski definition) is 7. The third-order valence-electron chi connectivity index (χ3n) is 5.30. The molecule has 38 heavy (non-hydrogen) atoms. The van der Waals surface area contributed by atoms with Gasteiger partial charge in [-0.2, -0.15) is 18.3 Å². The van der Waals surface area contributed by atoms with Crippen molar-refractivity contribution in [3.05, 3.63) is 88.9 Å². The predicted molar refractivity (Wildman–Crippen MR) is 129 cm³/mol. The van der Waals surface area contributed by atoms with Crippen molar-refractivity contribution in [1.82, 2.24) is 24.3 Å². The van der Waals surface area contributed by atoms with Crippen molar-refractivity contribution in [2.75, 3.05) is 11.9 Å². The van der Waals surface area contributed by atoms with Gasteiger partial charge in [0.2, 0.25) is 0 Å². The highest BCUT2D eigenvalue weighted by Gasteiger charge is 2.36. The number of aromatic nitrogens is 5. The molecule has 4 aromatic rings. The maximum absolute atomic E-state index is 13.7. The fourth-order valence-corrected chi connectivity index (χ4v) is 3.49. The zero-order valence-electron chi connectivity index (χ0n) is 20.0. The maximum atomic E-state index is 13.7. The molecule has 1 amide bonds. The van der Waals surface area contributed by atoms with Crippen LogP contribution in [0.4, 0.5) is 19.0 Å². The molecule has 0 unspecified atom stereocenters. The van der Waals surface area contributed by atoms with Gasteiger partial charge < -0.3 is 14.6 Å². The average Bonchev–Trinajstić information content (AvgIpc) is 3.36. The fraction of sp³-hybridized carbons (Fsp3) is 0.200. The van der Waals surface area contributed by atoms with Crippen LogP contribution in [0.15, 0.2) is 72.0 Å². The zero-order valence-corrected chi connectivity index (χ0v) is 20.0. The van der Waals surface area contributed by atoms with Crippen molar-refractivity contribution in [2.24, 2.45) is 0 Å². The highest BCUT2D eigenvalue weighted by Crippen LogP contribution is 2.33. The molecule has 13 heteroatoms. The van der Waals surface area contributed by atoms with Crippen molar-refractivity contribution in [3.8, 4) is 16.9 Å². The Morgan fingerprint density at radius 2 is 1.92 bits per heavy atom. The lowest BCUT2D eigenvalue weighted by Crippen LogP contribution is -2.23. The topological polar surface area (TPSA) is 121 Å². The van der Waals surface area contributed by atoms with Gasteiger partial charge in [0.25, 0.3) is 11.5 Å². The van der Waals surface area contributed by atoms with Crippen LogP contribution in [0.3, 0.4) is 0 Å². The van der Waals surface area contributed by atoms with E-state index in [1.807, 2.05) is 0 Å². The number of carbonyl (C=O) groups excluding carboxylic acids is 2. The third kappa shape index (κ3) is 6.11. The first kappa shape index (κ1) is 26.3. The predicted octanol–water partition coefficient (Wildman–Crippen LogP) is 3.72. The molecule has 0 saturated carbocycles. The molecule has 0 aliphatic heterocycles. The molecule has 1 N–H and O–H groups in total. The molecule has 196 valence electrons. The van der Waals surface area contributed by atoms with Gasteiger partial charge in [0.05, 0.1) is 36.2 Å². The second kappa shape index (κ2) is 11.1. The standard InChI is InChI=1S/C25H21F3N6O4/c1-2-38-23(36)9-11-33-15-17(5-8-22(33)35)24(37)31-21-7-6-18(14-30-21)34-20(25(26,27)28)12-19(32-34)16-4-3-10-29-13-16/h3-8,10,12-15H,2,9,11H2,1H3,(H,30,31,37). The summed E-state index contributed by atoms with van der Waals surface area (Å²) < 4.78 is 47.9. The number of ether oxygens (including phenoxy) is 1. The lowest BCUT2D eigenvalue weighted by Gasteiger charge is -2.11. The largest absolute Gasteiger partial charge is 0.466 e. The van der Waals surface area contributed by atoms with Gasteiger partial charge in [-0.05, 0) is 43.3 Å². The summed E-state index contributed by atoms with van der Waals surface area (Å²) in [6.45, 7) is 1.91. The molecule has 0 saturated heterocycles. The number of carbonyl (C=O) groups is 2. The van der Waals surface area contributed by atoms with Gasteiger partial charge in [-0.25, -0.2) is 9.67 Å². The number of nitrogens with one attached hydrogen (secondary N) is 1. The first-order valence-electron chi connectivity index (χ1n) is 11.4. The monoisotopic (exact) mass is 526 g/mol. The van der Waals surface area contributed by atoms with Gasteiger partial charge in [0.15, 0.2) is 0 Å². The van der Waals surface area contributed by atoms with Crippen LogP contribution < -0.4 is 10.9 Å². The molecule has 4 rings (SSSR count). The number of amides is 1. The average molecular weight is 526 g/mol. The van der Waals surface area contributed by atoms with Crippen LogP contribution in [0.1, 0.15) is 29.4 Å². The van der Waals surface area contributed by atoms with Crippen LogP contribution in [-0.4, -0.2) is 42.8 Å². The van der Waals surface area contributed by atoms with Crippen LogP contribution in [0.2, 0.25) is 0 Å². The molecule has 0 aromatic carbocycles. The minimum absolute atomic E-state index is 0.0259. The lowest BCUT2D eigenvalue weighted by atomic mass is 10.2. The number of hydrogen-bond donors (Lipinski definition) is 1. The number of nitrogens with zero attached hydrogens (tertiary/aromatic N) is 5. The van der Waals surface area contributed by atoms with E-state index in [1.54, 1.807) is 19.1 Å². The molecule has 0 aliphatic rings. The molecule has 10 nitrogen and oxygen atoms in total. The molecule has 0 aliphatic carbocycles. The summed E-state index contributed by atoms with van der Waals surface area (Å²) in [5, 5.41) is 6.61. The first-order chi connectivity index (χ1) is 18.2. The van der Waals surface area contributed by atoms with Gasteiger partial charge >= 0.3 is 12.1 Å². The summed E-state index contributed by atoms with van der Waals surface area (Å²) in [6.07, 6.45) is 0.619. The van der Waals surface area contributed by atoms with E-state index in [2.05, 4.69) is 20.4 Å². The van der Waals surface area contributed by atoms with Gasteiger partial charge in [-0.1, -0.05) is 0 Å².